The molecule has 0 bridgehead atoms. The van der Waals surface area contributed by atoms with Gasteiger partial charge in [0.05, 0.1) is 0 Å². The van der Waals surface area contributed by atoms with E-state index in [4.69, 9.17) is 23.2 Å². The lowest BCUT2D eigenvalue weighted by Crippen LogP contribution is -2.08. The molecule has 76 valence electrons. The molecule has 1 aliphatic rings. The van der Waals surface area contributed by atoms with Gasteiger partial charge in [-0.3, -0.25) is 0 Å². The average molecular weight is 233 g/mol. The van der Waals surface area contributed by atoms with Gasteiger partial charge in [-0.25, -0.2) is 0 Å². The summed E-state index contributed by atoms with van der Waals surface area (Å²) in [5.74, 6) is 1.19. The summed E-state index contributed by atoms with van der Waals surface area (Å²) in [5, 5.41) is 3.42. The van der Waals surface area contributed by atoms with E-state index < -0.39 is 0 Å². The minimum Gasteiger partial charge on any atom is -0.351 e. The highest BCUT2D eigenvalue weighted by atomic mass is 35.5. The third-order valence-electron chi connectivity index (χ3n) is 2.34. The summed E-state index contributed by atoms with van der Waals surface area (Å²) in [5.41, 5.74) is 0. The Balaban J connectivity index is 2.03. The van der Waals surface area contributed by atoms with Crippen LogP contribution in [-0.2, 0) is 0 Å². The smallest absolute Gasteiger partial charge is 0.228 e. The van der Waals surface area contributed by atoms with Gasteiger partial charge in [0.25, 0.3) is 0 Å². The van der Waals surface area contributed by atoms with Gasteiger partial charge >= 0.3 is 0 Å². The van der Waals surface area contributed by atoms with E-state index in [9.17, 15) is 0 Å². The van der Waals surface area contributed by atoms with Crippen LogP contribution in [0.2, 0.25) is 10.6 Å². The van der Waals surface area contributed by atoms with Gasteiger partial charge in [-0.2, -0.15) is 15.0 Å². The molecule has 0 aliphatic heterocycles. The molecule has 14 heavy (non-hydrogen) atoms. The second-order valence-corrected chi connectivity index (χ2v) is 4.03. The van der Waals surface area contributed by atoms with E-state index in [1.807, 2.05) is 0 Å². The molecule has 2 rings (SSSR count). The fourth-order valence-corrected chi connectivity index (χ4v) is 1.80. The molecule has 1 heterocycles. The molecule has 6 heteroatoms. The normalized spacial score (nSPS) is 24.8. The maximum absolute atomic E-state index is 5.64. The number of nitrogens with zero attached hydrogens (tertiary/aromatic N) is 3. The first-order valence-electron chi connectivity index (χ1n) is 4.52. The van der Waals surface area contributed by atoms with Gasteiger partial charge in [0.1, 0.15) is 0 Å². The minimum atomic E-state index is 0.126. The molecule has 0 amide bonds. The summed E-state index contributed by atoms with van der Waals surface area (Å²) >= 11 is 11.3. The molecule has 0 spiro atoms. The predicted molar refractivity (Wildman–Crippen MR) is 55.7 cm³/mol. The van der Waals surface area contributed by atoms with Crippen LogP contribution in [0.4, 0.5) is 5.95 Å². The van der Waals surface area contributed by atoms with Crippen LogP contribution in [0, 0.1) is 5.92 Å². The predicted octanol–water partition coefficient (Wildman–Crippen LogP) is 2.39. The molecule has 1 aromatic rings. The molecule has 2 unspecified atom stereocenters. The van der Waals surface area contributed by atoms with Crippen LogP contribution in [0.1, 0.15) is 19.8 Å². The van der Waals surface area contributed by atoms with Gasteiger partial charge in [-0.1, -0.05) is 13.3 Å². The molecule has 1 aliphatic carbocycles. The molecule has 0 aromatic carbocycles. The molecule has 0 saturated heterocycles. The van der Waals surface area contributed by atoms with Crippen molar-refractivity contribution in [1.82, 2.24) is 15.0 Å². The number of rotatable bonds is 3. The van der Waals surface area contributed by atoms with Crippen LogP contribution in [0.25, 0.3) is 0 Å². The Labute approximate surface area is 92.1 Å². The van der Waals surface area contributed by atoms with Crippen molar-refractivity contribution in [2.75, 3.05) is 5.32 Å². The van der Waals surface area contributed by atoms with Crippen molar-refractivity contribution in [3.05, 3.63) is 10.6 Å². The summed E-state index contributed by atoms with van der Waals surface area (Å²) in [6, 6.07) is 0.467. The topological polar surface area (TPSA) is 50.7 Å². The highest BCUT2D eigenvalue weighted by Crippen LogP contribution is 2.35. The monoisotopic (exact) mass is 232 g/mol. The van der Waals surface area contributed by atoms with Crippen molar-refractivity contribution in [1.29, 1.82) is 0 Å². The van der Waals surface area contributed by atoms with E-state index in [1.165, 1.54) is 6.42 Å². The molecule has 1 aromatic heterocycles. The van der Waals surface area contributed by atoms with Crippen molar-refractivity contribution < 1.29 is 0 Å². The second kappa shape index (κ2) is 3.87. The second-order valence-electron chi connectivity index (χ2n) is 3.35. The summed E-state index contributed by atoms with van der Waals surface area (Å²) < 4.78 is 0. The van der Waals surface area contributed by atoms with Gasteiger partial charge in [-0.05, 0) is 35.5 Å². The number of anilines is 1. The van der Waals surface area contributed by atoms with Crippen LogP contribution in [0.15, 0.2) is 0 Å². The van der Waals surface area contributed by atoms with Crippen LogP contribution in [0.5, 0.6) is 0 Å². The Morgan fingerprint density at radius 2 is 1.93 bits per heavy atom. The van der Waals surface area contributed by atoms with E-state index in [-0.39, 0.29) is 10.6 Å². The number of hydrogen-bond donors (Lipinski definition) is 1. The summed E-state index contributed by atoms with van der Waals surface area (Å²) in [6.07, 6.45) is 2.33. The van der Waals surface area contributed by atoms with E-state index in [1.54, 1.807) is 0 Å². The lowest BCUT2D eigenvalue weighted by Gasteiger charge is -2.02. The van der Waals surface area contributed by atoms with Crippen molar-refractivity contribution >= 4 is 29.2 Å². The van der Waals surface area contributed by atoms with E-state index >= 15 is 0 Å². The third kappa shape index (κ3) is 2.25. The first-order valence-corrected chi connectivity index (χ1v) is 5.28. The lowest BCUT2D eigenvalue weighted by molar-refractivity contribution is 0.770. The molecular weight excluding hydrogens is 223 g/mol. The molecule has 4 nitrogen and oxygen atoms in total. The van der Waals surface area contributed by atoms with Crippen LogP contribution >= 0.6 is 23.2 Å². The largest absolute Gasteiger partial charge is 0.351 e. The number of aromatic nitrogens is 3. The molecule has 0 radical (unpaired) electrons. The van der Waals surface area contributed by atoms with Gasteiger partial charge < -0.3 is 5.32 Å². The highest BCUT2D eigenvalue weighted by molar-refractivity contribution is 6.31. The summed E-state index contributed by atoms with van der Waals surface area (Å²) in [7, 11) is 0. The van der Waals surface area contributed by atoms with Gasteiger partial charge in [0.15, 0.2) is 0 Å². The Morgan fingerprint density at radius 1 is 1.29 bits per heavy atom. The number of hydrogen-bond acceptors (Lipinski definition) is 4. The summed E-state index contributed by atoms with van der Waals surface area (Å²) in [4.78, 5) is 11.5. The fourth-order valence-electron chi connectivity index (χ4n) is 1.43. The minimum absolute atomic E-state index is 0.126. The van der Waals surface area contributed by atoms with Gasteiger partial charge in [0, 0.05) is 6.04 Å². The van der Waals surface area contributed by atoms with Crippen molar-refractivity contribution in [2.45, 2.75) is 25.8 Å². The van der Waals surface area contributed by atoms with Crippen molar-refractivity contribution in [3.63, 3.8) is 0 Å². The molecular formula is C8H10Cl2N4. The number of nitrogens with one attached hydrogen (secondary N) is 1. The van der Waals surface area contributed by atoms with E-state index in [0.29, 0.717) is 12.0 Å². The third-order valence-corrected chi connectivity index (χ3v) is 2.68. The van der Waals surface area contributed by atoms with Crippen LogP contribution in [0.3, 0.4) is 0 Å². The lowest BCUT2D eigenvalue weighted by atomic mass is 10.3. The average Bonchev–Trinajstić information content (AvgIpc) is 2.81. The maximum atomic E-state index is 5.64. The van der Waals surface area contributed by atoms with Crippen LogP contribution < -0.4 is 5.32 Å². The van der Waals surface area contributed by atoms with Crippen LogP contribution in [-0.4, -0.2) is 21.0 Å². The van der Waals surface area contributed by atoms with Gasteiger partial charge in [0.2, 0.25) is 16.5 Å². The Bertz CT molecular complexity index is 324. The molecule has 1 fully saturated rings. The SMILES string of the molecule is CCC1CC1Nc1nc(Cl)nc(Cl)n1. The quantitative estimate of drug-likeness (QED) is 0.870. The fraction of sp³-hybridized carbons (Fsp3) is 0.625. The number of halogens is 2. The molecule has 1 N–H and O–H groups in total. The Hall–Kier alpha value is -0.610. The molecule has 2 atom stereocenters. The maximum Gasteiger partial charge on any atom is 0.228 e. The van der Waals surface area contributed by atoms with E-state index in [0.717, 1.165) is 12.3 Å². The Kier molecular flexibility index (Phi) is 2.74. The first kappa shape index (κ1) is 9.93. The van der Waals surface area contributed by atoms with Crippen molar-refractivity contribution in [3.8, 4) is 0 Å². The molecule has 1 saturated carbocycles. The Morgan fingerprint density at radius 3 is 2.43 bits per heavy atom. The van der Waals surface area contributed by atoms with E-state index in [2.05, 4.69) is 27.2 Å². The zero-order chi connectivity index (χ0) is 10.1. The first-order chi connectivity index (χ1) is 6.69. The van der Waals surface area contributed by atoms with Gasteiger partial charge in [-0.15, -0.1) is 0 Å². The van der Waals surface area contributed by atoms with Crippen molar-refractivity contribution in [2.24, 2.45) is 5.92 Å². The highest BCUT2D eigenvalue weighted by Gasteiger charge is 2.35. The zero-order valence-corrected chi connectivity index (χ0v) is 9.18. The zero-order valence-electron chi connectivity index (χ0n) is 7.67. The summed E-state index contributed by atoms with van der Waals surface area (Å²) in [6.45, 7) is 2.17. The standard InChI is InChI=1S/C8H10Cl2N4/c1-2-4-3-5(4)11-8-13-6(9)12-7(10)14-8/h4-5H,2-3H2,1H3,(H,11,12,13,14).